The van der Waals surface area contributed by atoms with Gasteiger partial charge in [-0.2, -0.15) is 0 Å². The number of carbonyl (C=O) groups excluding carboxylic acids is 1. The van der Waals surface area contributed by atoms with E-state index in [1.165, 1.54) is 7.11 Å². The summed E-state index contributed by atoms with van der Waals surface area (Å²) in [6.45, 7) is 5.17. The summed E-state index contributed by atoms with van der Waals surface area (Å²) in [6.07, 6.45) is 3.07. The number of ether oxygens (including phenoxy) is 1. The third-order valence-electron chi connectivity index (χ3n) is 4.78. The maximum atomic E-state index is 13.5. The lowest BCUT2D eigenvalue weighted by molar-refractivity contribution is 0.0607. The van der Waals surface area contributed by atoms with Crippen LogP contribution in [0.5, 0.6) is 0 Å². The van der Waals surface area contributed by atoms with E-state index in [0.717, 1.165) is 49.3 Å². The average molecular weight is 409 g/mol. The zero-order valence-electron chi connectivity index (χ0n) is 15.7. The fraction of sp³-hybridized carbons (Fsp3) is 0.421. The number of nitrogens with zero attached hydrogens (tertiary/aromatic N) is 1. The number of methoxy groups -OCH3 is 1. The maximum absolute atomic E-state index is 13.5. The number of anilines is 2. The molecule has 2 aromatic rings. The highest BCUT2D eigenvalue weighted by atomic mass is 32.2. The Bertz CT molecular complexity index is 974. The van der Waals surface area contributed by atoms with Crippen molar-refractivity contribution in [3.05, 3.63) is 34.2 Å². The Morgan fingerprint density at radius 1 is 1.19 bits per heavy atom. The van der Waals surface area contributed by atoms with E-state index in [1.807, 2.05) is 17.9 Å². The monoisotopic (exact) mass is 408 g/mol. The molecule has 0 saturated carbocycles. The van der Waals surface area contributed by atoms with Gasteiger partial charge in [-0.05, 0) is 44.7 Å². The van der Waals surface area contributed by atoms with Gasteiger partial charge in [0.15, 0.2) is 0 Å². The summed E-state index contributed by atoms with van der Waals surface area (Å²) in [5, 5.41) is 0.535. The number of nitrogens with two attached hydrogens (primary N) is 1. The van der Waals surface area contributed by atoms with E-state index >= 15 is 0 Å². The highest BCUT2D eigenvalue weighted by Gasteiger charge is 2.34. The summed E-state index contributed by atoms with van der Waals surface area (Å²) in [7, 11) is -2.62. The van der Waals surface area contributed by atoms with Gasteiger partial charge in [-0.15, -0.1) is 11.3 Å². The molecule has 0 aliphatic carbocycles. The number of hydrogen-bond acceptors (Lipinski definition) is 7. The molecule has 3 rings (SSSR count). The number of carbonyl (C=O) groups is 1. The highest BCUT2D eigenvalue weighted by molar-refractivity contribution is 7.92. The van der Waals surface area contributed by atoms with Gasteiger partial charge in [-0.1, -0.05) is 17.7 Å². The second kappa shape index (κ2) is 7.52. The molecule has 2 heterocycles. The molecule has 0 spiro atoms. The van der Waals surface area contributed by atoms with Crippen molar-refractivity contribution in [2.24, 2.45) is 0 Å². The molecular weight excluding hydrogens is 384 g/mol. The number of benzene rings is 1. The fourth-order valence-corrected chi connectivity index (χ4v) is 6.74. The second-order valence-electron chi connectivity index (χ2n) is 6.79. The van der Waals surface area contributed by atoms with E-state index < -0.39 is 15.8 Å². The molecule has 0 atom stereocenters. The van der Waals surface area contributed by atoms with Gasteiger partial charge in [-0.3, -0.25) is 0 Å². The topological polar surface area (TPSA) is 89.7 Å². The quantitative estimate of drug-likeness (QED) is 0.778. The van der Waals surface area contributed by atoms with Gasteiger partial charge < -0.3 is 15.4 Å². The molecule has 146 valence electrons. The van der Waals surface area contributed by atoms with Gasteiger partial charge >= 0.3 is 5.97 Å². The Balaban J connectivity index is 2.23. The Kier molecular flexibility index (Phi) is 5.48. The zero-order valence-corrected chi connectivity index (χ0v) is 17.4. The standard InChI is InChI=1S/C19H24N2O4S2/c1-12-7-8-14(13(2)11-12)27(23,24)17-15(20)16(19(22)25-3)26-18(17)21-9-5-4-6-10-21/h7-8,11H,4-6,9-10,20H2,1-3H3. The van der Waals surface area contributed by atoms with Crippen molar-refractivity contribution in [3.63, 3.8) is 0 Å². The zero-order chi connectivity index (χ0) is 19.8. The molecule has 2 N–H and O–H groups in total. The molecule has 6 nitrogen and oxygen atoms in total. The average Bonchev–Trinajstić information content (AvgIpc) is 2.99. The van der Waals surface area contributed by atoms with Gasteiger partial charge in [0.25, 0.3) is 0 Å². The first-order valence-electron chi connectivity index (χ1n) is 8.85. The van der Waals surface area contributed by atoms with Gasteiger partial charge in [0.1, 0.15) is 14.8 Å². The lowest BCUT2D eigenvalue weighted by Gasteiger charge is -2.28. The third-order valence-corrected chi connectivity index (χ3v) is 8.15. The lowest BCUT2D eigenvalue weighted by atomic mass is 10.1. The van der Waals surface area contributed by atoms with Crippen molar-refractivity contribution in [1.82, 2.24) is 0 Å². The molecule has 27 heavy (non-hydrogen) atoms. The number of aryl methyl sites for hydroxylation is 2. The summed E-state index contributed by atoms with van der Waals surface area (Å²) in [4.78, 5) is 14.6. The minimum Gasteiger partial charge on any atom is -0.465 e. The summed E-state index contributed by atoms with van der Waals surface area (Å²) >= 11 is 1.10. The number of sulfone groups is 1. The number of nitrogen functional groups attached to an aromatic ring is 1. The molecule has 1 fully saturated rings. The van der Waals surface area contributed by atoms with Gasteiger partial charge in [-0.25, -0.2) is 13.2 Å². The van der Waals surface area contributed by atoms with Crippen LogP contribution in [0.15, 0.2) is 28.0 Å². The van der Waals surface area contributed by atoms with E-state index in [9.17, 15) is 13.2 Å². The maximum Gasteiger partial charge on any atom is 0.350 e. The first-order chi connectivity index (χ1) is 12.8. The SMILES string of the molecule is COC(=O)c1sc(N2CCCCC2)c(S(=O)(=O)c2ccc(C)cc2C)c1N. The number of rotatable bonds is 4. The summed E-state index contributed by atoms with van der Waals surface area (Å²) < 4.78 is 31.9. The Labute approximate surface area is 163 Å². The van der Waals surface area contributed by atoms with Crippen molar-refractivity contribution in [3.8, 4) is 0 Å². The smallest absolute Gasteiger partial charge is 0.350 e. The molecule has 8 heteroatoms. The Morgan fingerprint density at radius 3 is 2.44 bits per heavy atom. The minimum atomic E-state index is -3.88. The van der Waals surface area contributed by atoms with Gasteiger partial charge in [0.2, 0.25) is 9.84 Å². The molecule has 0 radical (unpaired) electrons. The Hall–Kier alpha value is -2.06. The summed E-state index contributed by atoms with van der Waals surface area (Å²) in [6, 6.07) is 5.20. The number of piperidine rings is 1. The van der Waals surface area contributed by atoms with Crippen LogP contribution in [0.1, 0.15) is 40.1 Å². The van der Waals surface area contributed by atoms with E-state index in [1.54, 1.807) is 19.1 Å². The molecule has 1 aliphatic rings. The first-order valence-corrected chi connectivity index (χ1v) is 11.1. The molecule has 1 aromatic carbocycles. The third kappa shape index (κ3) is 3.55. The van der Waals surface area contributed by atoms with Crippen molar-refractivity contribution < 1.29 is 17.9 Å². The van der Waals surface area contributed by atoms with E-state index in [-0.39, 0.29) is 20.4 Å². The molecule has 0 unspecified atom stereocenters. The van der Waals surface area contributed by atoms with Gasteiger partial charge in [0, 0.05) is 13.1 Å². The molecule has 1 aliphatic heterocycles. The fourth-order valence-electron chi connectivity index (χ4n) is 3.44. The normalized spacial score (nSPS) is 15.0. The van der Waals surface area contributed by atoms with Crippen LogP contribution >= 0.6 is 11.3 Å². The van der Waals surface area contributed by atoms with Crippen molar-refractivity contribution in [1.29, 1.82) is 0 Å². The predicted octanol–water partition coefficient (Wildman–Crippen LogP) is 3.56. The van der Waals surface area contributed by atoms with Crippen LogP contribution in [-0.4, -0.2) is 34.6 Å². The Morgan fingerprint density at radius 2 is 1.85 bits per heavy atom. The number of thiophene rings is 1. The number of esters is 1. The predicted molar refractivity (Wildman–Crippen MR) is 108 cm³/mol. The minimum absolute atomic E-state index is 0.0209. The van der Waals surface area contributed by atoms with E-state index in [0.29, 0.717) is 10.6 Å². The van der Waals surface area contributed by atoms with Gasteiger partial charge in [0.05, 0.1) is 17.7 Å². The molecular formula is C19H24N2O4S2. The first kappa shape index (κ1) is 19.7. The lowest BCUT2D eigenvalue weighted by Crippen LogP contribution is -2.29. The molecule has 0 amide bonds. The summed E-state index contributed by atoms with van der Waals surface area (Å²) in [5.74, 6) is -0.613. The second-order valence-corrected chi connectivity index (χ2v) is 9.64. The van der Waals surface area contributed by atoms with Crippen molar-refractivity contribution in [2.75, 3.05) is 30.8 Å². The van der Waals surface area contributed by atoms with E-state index in [2.05, 4.69) is 0 Å². The van der Waals surface area contributed by atoms with Crippen molar-refractivity contribution in [2.45, 2.75) is 42.9 Å². The molecule has 0 bridgehead atoms. The molecule has 1 saturated heterocycles. The van der Waals surface area contributed by atoms with Crippen LogP contribution in [0, 0.1) is 13.8 Å². The van der Waals surface area contributed by atoms with Crippen LogP contribution in [-0.2, 0) is 14.6 Å². The van der Waals surface area contributed by atoms with Crippen LogP contribution in [0.25, 0.3) is 0 Å². The van der Waals surface area contributed by atoms with Crippen LogP contribution in [0.3, 0.4) is 0 Å². The molecule has 1 aromatic heterocycles. The largest absolute Gasteiger partial charge is 0.465 e. The van der Waals surface area contributed by atoms with Crippen LogP contribution < -0.4 is 10.6 Å². The number of hydrogen-bond donors (Lipinski definition) is 1. The highest BCUT2D eigenvalue weighted by Crippen LogP contribution is 2.45. The summed E-state index contributed by atoms with van der Waals surface area (Å²) in [5.41, 5.74) is 7.81. The van der Waals surface area contributed by atoms with E-state index in [4.69, 9.17) is 10.5 Å². The van der Waals surface area contributed by atoms with Crippen molar-refractivity contribution >= 4 is 37.8 Å². The van der Waals surface area contributed by atoms with Crippen LogP contribution in [0.2, 0.25) is 0 Å². The van der Waals surface area contributed by atoms with Crippen LogP contribution in [0.4, 0.5) is 10.7 Å².